The summed E-state index contributed by atoms with van der Waals surface area (Å²) >= 11 is 0. The largest absolute Gasteiger partial charge is 0.396 e. The summed E-state index contributed by atoms with van der Waals surface area (Å²) in [5, 5.41) is 9.47. The fourth-order valence-electron chi connectivity index (χ4n) is 3.29. The van der Waals surface area contributed by atoms with E-state index in [1.54, 1.807) is 0 Å². The molecule has 0 saturated carbocycles. The average Bonchev–Trinajstić information content (AvgIpc) is 2.81. The average molecular weight is 261 g/mol. The van der Waals surface area contributed by atoms with Gasteiger partial charge in [0.1, 0.15) is 0 Å². The summed E-state index contributed by atoms with van der Waals surface area (Å²) in [6, 6.07) is 6.91. The first-order valence-corrected chi connectivity index (χ1v) is 7.19. The molecule has 2 aliphatic rings. The summed E-state index contributed by atoms with van der Waals surface area (Å²) in [6.45, 7) is 3.47. The summed E-state index contributed by atoms with van der Waals surface area (Å²) in [5.74, 6) is 0. The third-order valence-corrected chi connectivity index (χ3v) is 4.37. The van der Waals surface area contributed by atoms with Gasteiger partial charge in [-0.05, 0) is 43.0 Å². The van der Waals surface area contributed by atoms with Crippen LogP contribution in [0.1, 0.15) is 23.1 Å². The second-order valence-electron chi connectivity index (χ2n) is 6.28. The lowest BCUT2D eigenvalue weighted by Gasteiger charge is -2.42. The summed E-state index contributed by atoms with van der Waals surface area (Å²) < 4.78 is 5.25. The van der Waals surface area contributed by atoms with Gasteiger partial charge < -0.3 is 14.7 Å². The minimum absolute atomic E-state index is 0.0223. The molecule has 19 heavy (non-hydrogen) atoms. The van der Waals surface area contributed by atoms with Crippen molar-refractivity contribution in [2.24, 2.45) is 5.41 Å². The fraction of sp³-hybridized carbons (Fsp3) is 0.625. The molecule has 1 fully saturated rings. The van der Waals surface area contributed by atoms with Gasteiger partial charge in [0.05, 0.1) is 25.2 Å². The number of hydrogen-bond acceptors (Lipinski definition) is 3. The van der Waals surface area contributed by atoms with Crippen LogP contribution in [0, 0.1) is 5.41 Å². The molecule has 1 aliphatic carbocycles. The molecule has 0 aromatic heterocycles. The van der Waals surface area contributed by atoms with E-state index in [0.717, 1.165) is 13.1 Å². The van der Waals surface area contributed by atoms with E-state index in [1.165, 1.54) is 36.0 Å². The van der Waals surface area contributed by atoms with E-state index >= 15 is 0 Å². The van der Waals surface area contributed by atoms with Gasteiger partial charge in [-0.1, -0.05) is 18.2 Å². The van der Waals surface area contributed by atoms with Crippen molar-refractivity contribution in [1.82, 2.24) is 4.90 Å². The normalized spacial score (nSPS) is 20.4. The van der Waals surface area contributed by atoms with Gasteiger partial charge in [-0.2, -0.15) is 0 Å². The quantitative estimate of drug-likeness (QED) is 0.874. The molecular weight excluding hydrogens is 238 g/mol. The van der Waals surface area contributed by atoms with Crippen molar-refractivity contribution in [2.75, 3.05) is 33.4 Å². The van der Waals surface area contributed by atoms with Crippen molar-refractivity contribution in [3.05, 3.63) is 34.9 Å². The minimum atomic E-state index is -0.0223. The van der Waals surface area contributed by atoms with E-state index in [1.807, 2.05) is 0 Å². The van der Waals surface area contributed by atoms with Crippen LogP contribution in [0.4, 0.5) is 0 Å². The number of aryl methyl sites for hydroxylation is 2. The zero-order valence-electron chi connectivity index (χ0n) is 11.7. The monoisotopic (exact) mass is 261 g/mol. The Morgan fingerprint density at radius 1 is 1.26 bits per heavy atom. The Labute approximate surface area is 115 Å². The smallest absolute Gasteiger partial charge is 0.0579 e. The SMILES string of the molecule is CN(Cc1ccc2c(c1)CCC2)CC1(CO)COC1. The maximum Gasteiger partial charge on any atom is 0.0579 e. The first-order chi connectivity index (χ1) is 9.21. The zero-order valence-corrected chi connectivity index (χ0v) is 11.7. The maximum atomic E-state index is 9.47. The van der Waals surface area contributed by atoms with Gasteiger partial charge in [0.15, 0.2) is 0 Å². The van der Waals surface area contributed by atoms with Crippen LogP contribution in [0.15, 0.2) is 18.2 Å². The number of nitrogens with zero attached hydrogens (tertiary/aromatic N) is 1. The second-order valence-corrected chi connectivity index (χ2v) is 6.28. The number of rotatable bonds is 5. The highest BCUT2D eigenvalue weighted by Crippen LogP contribution is 2.28. The van der Waals surface area contributed by atoms with Gasteiger partial charge >= 0.3 is 0 Å². The molecule has 0 atom stereocenters. The molecule has 3 nitrogen and oxygen atoms in total. The molecule has 1 aliphatic heterocycles. The van der Waals surface area contributed by atoms with Crippen molar-refractivity contribution >= 4 is 0 Å². The number of benzene rings is 1. The lowest BCUT2D eigenvalue weighted by atomic mass is 9.86. The molecule has 1 saturated heterocycles. The zero-order chi connectivity index (χ0) is 13.3. The van der Waals surface area contributed by atoms with Crippen LogP contribution in [0.5, 0.6) is 0 Å². The molecule has 0 spiro atoms. The van der Waals surface area contributed by atoms with Gasteiger partial charge in [-0.3, -0.25) is 0 Å². The lowest BCUT2D eigenvalue weighted by Crippen LogP contribution is -2.52. The van der Waals surface area contributed by atoms with Crippen molar-refractivity contribution in [3.8, 4) is 0 Å². The molecule has 0 unspecified atom stereocenters. The van der Waals surface area contributed by atoms with Gasteiger partial charge in [0.25, 0.3) is 0 Å². The van der Waals surface area contributed by atoms with Crippen LogP contribution in [-0.4, -0.2) is 43.4 Å². The third kappa shape index (κ3) is 2.69. The molecule has 0 radical (unpaired) electrons. The Morgan fingerprint density at radius 3 is 2.74 bits per heavy atom. The standard InChI is InChI=1S/C16H23NO2/c1-17(9-16(10-18)11-19-12-16)8-13-5-6-14-3-2-4-15(14)7-13/h5-7,18H,2-4,8-12H2,1H3. The maximum absolute atomic E-state index is 9.47. The highest BCUT2D eigenvalue weighted by molar-refractivity contribution is 5.35. The number of hydrogen-bond donors (Lipinski definition) is 1. The molecule has 1 aromatic rings. The van der Waals surface area contributed by atoms with E-state index in [9.17, 15) is 5.11 Å². The van der Waals surface area contributed by atoms with Crippen LogP contribution in [0.3, 0.4) is 0 Å². The first kappa shape index (κ1) is 13.1. The van der Waals surface area contributed by atoms with Crippen molar-refractivity contribution < 1.29 is 9.84 Å². The molecule has 0 bridgehead atoms. The molecule has 1 N–H and O–H groups in total. The van der Waals surface area contributed by atoms with Crippen molar-refractivity contribution in [3.63, 3.8) is 0 Å². The third-order valence-electron chi connectivity index (χ3n) is 4.37. The highest BCUT2D eigenvalue weighted by Gasteiger charge is 2.38. The highest BCUT2D eigenvalue weighted by atomic mass is 16.5. The molecule has 3 rings (SSSR count). The van der Waals surface area contributed by atoms with E-state index in [2.05, 4.69) is 30.1 Å². The Bertz CT molecular complexity index is 449. The molecule has 3 heteroatoms. The van der Waals surface area contributed by atoms with E-state index < -0.39 is 0 Å². The second kappa shape index (κ2) is 5.23. The number of fused-ring (bicyclic) bond motifs is 1. The van der Waals surface area contributed by atoms with E-state index in [0.29, 0.717) is 13.2 Å². The minimum Gasteiger partial charge on any atom is -0.396 e. The van der Waals surface area contributed by atoms with Crippen LogP contribution >= 0.6 is 0 Å². The van der Waals surface area contributed by atoms with E-state index in [4.69, 9.17) is 4.74 Å². The Morgan fingerprint density at radius 2 is 2.05 bits per heavy atom. The van der Waals surface area contributed by atoms with Gasteiger partial charge in [-0.25, -0.2) is 0 Å². The summed E-state index contributed by atoms with van der Waals surface area (Å²) in [7, 11) is 2.13. The van der Waals surface area contributed by atoms with Gasteiger partial charge in [0.2, 0.25) is 0 Å². The fourth-order valence-corrected chi connectivity index (χ4v) is 3.29. The molecular formula is C16H23NO2. The number of ether oxygens (including phenoxy) is 1. The van der Waals surface area contributed by atoms with E-state index in [-0.39, 0.29) is 12.0 Å². The van der Waals surface area contributed by atoms with Crippen molar-refractivity contribution in [1.29, 1.82) is 0 Å². The predicted molar refractivity (Wildman–Crippen MR) is 75.1 cm³/mol. The predicted octanol–water partition coefficient (Wildman–Crippen LogP) is 1.62. The Kier molecular flexibility index (Phi) is 3.61. The molecule has 1 heterocycles. The van der Waals surface area contributed by atoms with Crippen molar-refractivity contribution in [2.45, 2.75) is 25.8 Å². The van der Waals surface area contributed by atoms with Gasteiger partial charge in [-0.15, -0.1) is 0 Å². The first-order valence-electron chi connectivity index (χ1n) is 7.19. The van der Waals surface area contributed by atoms with Crippen LogP contribution < -0.4 is 0 Å². The van der Waals surface area contributed by atoms with Crippen LogP contribution in [0.25, 0.3) is 0 Å². The summed E-state index contributed by atoms with van der Waals surface area (Å²) in [5.41, 5.74) is 4.43. The van der Waals surface area contributed by atoms with Gasteiger partial charge in [0, 0.05) is 13.1 Å². The topological polar surface area (TPSA) is 32.7 Å². The Hall–Kier alpha value is -0.900. The molecule has 0 amide bonds. The van der Waals surface area contributed by atoms with Crippen LogP contribution in [0.2, 0.25) is 0 Å². The molecule has 104 valence electrons. The Balaban J connectivity index is 1.61. The number of aliphatic hydroxyl groups excluding tert-OH is 1. The lowest BCUT2D eigenvalue weighted by molar-refractivity contribution is -0.147. The van der Waals surface area contributed by atoms with Crippen LogP contribution in [-0.2, 0) is 24.1 Å². The molecule has 1 aromatic carbocycles. The summed E-state index contributed by atoms with van der Waals surface area (Å²) in [4.78, 5) is 2.30. The number of aliphatic hydroxyl groups is 1. The summed E-state index contributed by atoms with van der Waals surface area (Å²) in [6.07, 6.45) is 3.79.